The van der Waals surface area contributed by atoms with E-state index in [-0.39, 0.29) is 0 Å². The van der Waals surface area contributed by atoms with Crippen molar-refractivity contribution in [1.82, 2.24) is 19.6 Å². The molecule has 0 amide bonds. The van der Waals surface area contributed by atoms with Crippen LogP contribution in [0.3, 0.4) is 0 Å². The Labute approximate surface area is 101 Å². The van der Waals surface area contributed by atoms with Gasteiger partial charge in [-0.2, -0.15) is 10.2 Å². The summed E-state index contributed by atoms with van der Waals surface area (Å²) in [6.45, 7) is 6.37. The molecule has 4 heteroatoms. The maximum atomic E-state index is 4.31. The van der Waals surface area contributed by atoms with Crippen molar-refractivity contribution < 1.29 is 0 Å². The van der Waals surface area contributed by atoms with Gasteiger partial charge < -0.3 is 0 Å². The third kappa shape index (κ3) is 2.72. The fourth-order valence-corrected chi connectivity index (χ4v) is 1.71. The smallest absolute Gasteiger partial charge is 0.0828 e. The summed E-state index contributed by atoms with van der Waals surface area (Å²) in [5.74, 6) is 0. The van der Waals surface area contributed by atoms with Gasteiger partial charge in [0.05, 0.1) is 24.1 Å². The molecule has 0 unspecified atom stereocenters. The first-order valence-electron chi connectivity index (χ1n) is 5.50. The molecule has 0 aliphatic carbocycles. The van der Waals surface area contributed by atoms with Crippen LogP contribution in [0.25, 0.3) is 6.08 Å². The molecule has 2 aromatic rings. The Kier molecular flexibility index (Phi) is 3.23. The lowest BCUT2D eigenvalue weighted by Gasteiger charge is -2.01. The van der Waals surface area contributed by atoms with Gasteiger partial charge in [0.25, 0.3) is 0 Å². The summed E-state index contributed by atoms with van der Waals surface area (Å²) in [5.41, 5.74) is 3.25. The lowest BCUT2D eigenvalue weighted by molar-refractivity contribution is 0.618. The number of nitrogens with zero attached hydrogens (tertiary/aromatic N) is 4. The molecule has 0 atom stereocenters. The molecule has 0 saturated heterocycles. The molecule has 0 bridgehead atoms. The van der Waals surface area contributed by atoms with Crippen molar-refractivity contribution in [2.45, 2.75) is 13.5 Å². The monoisotopic (exact) mass is 228 g/mol. The lowest BCUT2D eigenvalue weighted by atomic mass is 10.3. The molecular formula is C13H16N4. The molecule has 0 N–H and O–H groups in total. The van der Waals surface area contributed by atoms with Crippen LogP contribution in [0.5, 0.6) is 0 Å². The fraction of sp³-hybridized carbons (Fsp3) is 0.231. The van der Waals surface area contributed by atoms with Crippen molar-refractivity contribution >= 4 is 6.08 Å². The highest BCUT2D eigenvalue weighted by atomic mass is 15.3. The van der Waals surface area contributed by atoms with Gasteiger partial charge in [-0.15, -0.1) is 0 Å². The summed E-state index contributed by atoms with van der Waals surface area (Å²) >= 11 is 0. The summed E-state index contributed by atoms with van der Waals surface area (Å²) in [4.78, 5) is 0. The summed E-state index contributed by atoms with van der Waals surface area (Å²) in [6.07, 6.45) is 9.47. The van der Waals surface area contributed by atoms with Crippen LogP contribution in [0.1, 0.15) is 17.0 Å². The maximum Gasteiger partial charge on any atom is 0.0828 e. The molecule has 0 aliphatic rings. The number of allylic oxidation sites excluding steroid dienone is 2. The van der Waals surface area contributed by atoms with Crippen LogP contribution in [-0.2, 0) is 13.6 Å². The number of aryl methyl sites for hydroxylation is 2. The third-order valence-electron chi connectivity index (χ3n) is 2.50. The molecular weight excluding hydrogens is 212 g/mol. The number of hydrogen-bond donors (Lipinski definition) is 0. The first-order valence-corrected chi connectivity index (χ1v) is 5.50. The molecule has 2 heterocycles. The highest BCUT2D eigenvalue weighted by Gasteiger charge is 2.03. The van der Waals surface area contributed by atoms with Crippen LogP contribution in [0.4, 0.5) is 0 Å². The van der Waals surface area contributed by atoms with Crippen molar-refractivity contribution in [2.75, 3.05) is 0 Å². The van der Waals surface area contributed by atoms with Gasteiger partial charge in [-0.05, 0) is 13.0 Å². The summed E-state index contributed by atoms with van der Waals surface area (Å²) in [5, 5.41) is 8.62. The van der Waals surface area contributed by atoms with Gasteiger partial charge in [-0.3, -0.25) is 9.36 Å². The van der Waals surface area contributed by atoms with Gasteiger partial charge in [0.2, 0.25) is 0 Å². The molecule has 0 fully saturated rings. The largest absolute Gasteiger partial charge is 0.270 e. The Bertz CT molecular complexity index is 546. The number of rotatable bonds is 4. The zero-order valence-electron chi connectivity index (χ0n) is 10.2. The minimum absolute atomic E-state index is 0.735. The van der Waals surface area contributed by atoms with Crippen LogP contribution in [0, 0.1) is 6.92 Å². The Morgan fingerprint density at radius 3 is 2.94 bits per heavy atom. The third-order valence-corrected chi connectivity index (χ3v) is 2.50. The Morgan fingerprint density at radius 1 is 1.47 bits per heavy atom. The van der Waals surface area contributed by atoms with E-state index in [2.05, 4.69) is 22.8 Å². The van der Waals surface area contributed by atoms with Crippen LogP contribution >= 0.6 is 0 Å². The summed E-state index contributed by atoms with van der Waals surface area (Å²) in [6, 6.07) is 2.07. The normalized spacial score (nSPS) is 11.2. The van der Waals surface area contributed by atoms with Gasteiger partial charge in [-0.1, -0.05) is 24.8 Å². The molecule has 0 saturated carbocycles. The van der Waals surface area contributed by atoms with Gasteiger partial charge in [0.15, 0.2) is 0 Å². The Balaban J connectivity index is 2.14. The van der Waals surface area contributed by atoms with E-state index in [1.165, 1.54) is 0 Å². The van der Waals surface area contributed by atoms with E-state index in [1.807, 2.05) is 47.9 Å². The van der Waals surface area contributed by atoms with E-state index in [4.69, 9.17) is 0 Å². The Morgan fingerprint density at radius 2 is 2.29 bits per heavy atom. The van der Waals surface area contributed by atoms with E-state index < -0.39 is 0 Å². The molecule has 0 spiro atoms. The van der Waals surface area contributed by atoms with Crippen molar-refractivity contribution in [1.29, 1.82) is 0 Å². The highest BCUT2D eigenvalue weighted by molar-refractivity contribution is 5.48. The van der Waals surface area contributed by atoms with Gasteiger partial charge in [0, 0.05) is 18.8 Å². The van der Waals surface area contributed by atoms with Crippen molar-refractivity contribution in [3.05, 3.63) is 54.1 Å². The van der Waals surface area contributed by atoms with Gasteiger partial charge in [0.1, 0.15) is 0 Å². The first kappa shape index (κ1) is 11.4. The minimum atomic E-state index is 0.735. The van der Waals surface area contributed by atoms with E-state index in [1.54, 1.807) is 6.08 Å². The van der Waals surface area contributed by atoms with Crippen LogP contribution in [-0.4, -0.2) is 19.6 Å². The van der Waals surface area contributed by atoms with E-state index in [0.29, 0.717) is 0 Å². The van der Waals surface area contributed by atoms with Crippen LogP contribution in [0.2, 0.25) is 0 Å². The molecule has 0 radical (unpaired) electrons. The number of hydrogen-bond acceptors (Lipinski definition) is 2. The second-order valence-electron chi connectivity index (χ2n) is 3.97. The summed E-state index contributed by atoms with van der Waals surface area (Å²) in [7, 11) is 1.95. The highest BCUT2D eigenvalue weighted by Crippen LogP contribution is 2.06. The standard InChI is InChI=1S/C13H16N4/c1-4-5-6-12-8-14-17(9-12)10-13-7-11(2)15-16(13)3/h4-9H,1,10H2,2-3H3/b6-5+. The lowest BCUT2D eigenvalue weighted by Crippen LogP contribution is -2.05. The second kappa shape index (κ2) is 4.82. The molecule has 88 valence electrons. The number of aromatic nitrogens is 4. The van der Waals surface area contributed by atoms with E-state index in [9.17, 15) is 0 Å². The summed E-state index contributed by atoms with van der Waals surface area (Å²) < 4.78 is 3.79. The first-order chi connectivity index (χ1) is 8.19. The quantitative estimate of drug-likeness (QED) is 0.752. The van der Waals surface area contributed by atoms with E-state index >= 15 is 0 Å². The average Bonchev–Trinajstić information content (AvgIpc) is 2.84. The SMILES string of the molecule is C=C/C=C/c1cnn(Cc2cc(C)nn2C)c1. The fourth-order valence-electron chi connectivity index (χ4n) is 1.71. The zero-order chi connectivity index (χ0) is 12.3. The minimum Gasteiger partial charge on any atom is -0.270 e. The average molecular weight is 228 g/mol. The zero-order valence-corrected chi connectivity index (χ0v) is 10.2. The molecule has 4 nitrogen and oxygen atoms in total. The molecule has 0 aromatic carbocycles. The van der Waals surface area contributed by atoms with Crippen molar-refractivity contribution in [2.24, 2.45) is 7.05 Å². The Hall–Kier alpha value is -2.10. The maximum absolute atomic E-state index is 4.31. The van der Waals surface area contributed by atoms with Crippen LogP contribution in [0.15, 0.2) is 37.2 Å². The molecule has 2 aromatic heterocycles. The van der Waals surface area contributed by atoms with Crippen LogP contribution < -0.4 is 0 Å². The predicted molar refractivity (Wildman–Crippen MR) is 68.5 cm³/mol. The molecule has 0 aliphatic heterocycles. The van der Waals surface area contributed by atoms with Crippen molar-refractivity contribution in [3.8, 4) is 0 Å². The molecule has 17 heavy (non-hydrogen) atoms. The molecule has 2 rings (SSSR count). The predicted octanol–water partition coefficient (Wildman–Crippen LogP) is 2.17. The topological polar surface area (TPSA) is 35.6 Å². The van der Waals surface area contributed by atoms with Gasteiger partial charge in [-0.25, -0.2) is 0 Å². The van der Waals surface area contributed by atoms with Gasteiger partial charge >= 0.3 is 0 Å². The second-order valence-corrected chi connectivity index (χ2v) is 3.97. The van der Waals surface area contributed by atoms with Crippen molar-refractivity contribution in [3.63, 3.8) is 0 Å². The van der Waals surface area contributed by atoms with E-state index in [0.717, 1.165) is 23.5 Å².